The molecule has 4 nitrogen and oxygen atoms in total. The molecule has 2 aliphatic rings. The minimum Gasteiger partial charge on any atom is -0.494 e. The molecule has 8 heteroatoms. The third-order valence-corrected chi connectivity index (χ3v) is 10.6. The zero-order valence-corrected chi connectivity index (χ0v) is 30.0. The smallest absolute Gasteiger partial charge is 0.416 e. The summed E-state index contributed by atoms with van der Waals surface area (Å²) in [6, 6.07) is 31.8. The van der Waals surface area contributed by atoms with Gasteiger partial charge >= 0.3 is 6.18 Å². The molecule has 0 saturated carbocycles. The van der Waals surface area contributed by atoms with Gasteiger partial charge in [0.1, 0.15) is 17.3 Å². The Morgan fingerprint density at radius 3 is 2.22 bits per heavy atom. The van der Waals surface area contributed by atoms with Crippen LogP contribution in [0.25, 0.3) is 28.0 Å². The van der Waals surface area contributed by atoms with Crippen LogP contribution in [0.2, 0.25) is 0 Å². The topological polar surface area (TPSA) is 47.6 Å². The number of halogens is 4. The average molecular weight is 728 g/mol. The molecule has 0 radical (unpaired) electrons. The molecule has 1 N–H and O–H groups in total. The molecule has 1 aliphatic carbocycles. The van der Waals surface area contributed by atoms with E-state index in [1.807, 2.05) is 60.7 Å². The number of amides is 1. The average Bonchev–Trinajstić information content (AvgIpc) is 3.41. The molecular formula is C46H37F4NO3. The summed E-state index contributed by atoms with van der Waals surface area (Å²) in [6.45, 7) is 6.83. The molecule has 1 aliphatic heterocycles. The van der Waals surface area contributed by atoms with Crippen molar-refractivity contribution in [1.29, 1.82) is 0 Å². The first-order valence-corrected chi connectivity index (χ1v) is 18.0. The highest BCUT2D eigenvalue weighted by molar-refractivity contribution is 6.10. The van der Waals surface area contributed by atoms with Crippen LogP contribution in [0.5, 0.6) is 11.5 Å². The number of hydrogen-bond donors (Lipinski definition) is 1. The zero-order chi connectivity index (χ0) is 37.8. The van der Waals surface area contributed by atoms with Crippen molar-refractivity contribution in [2.75, 3.05) is 11.9 Å². The molecule has 0 bridgehead atoms. The Morgan fingerprint density at radius 2 is 1.54 bits per heavy atom. The van der Waals surface area contributed by atoms with Crippen molar-refractivity contribution >= 4 is 28.4 Å². The van der Waals surface area contributed by atoms with Gasteiger partial charge in [-0.05, 0) is 101 Å². The van der Waals surface area contributed by atoms with Gasteiger partial charge in [-0.2, -0.15) is 13.2 Å². The van der Waals surface area contributed by atoms with Crippen LogP contribution in [0, 0.1) is 5.82 Å². The van der Waals surface area contributed by atoms with E-state index in [1.54, 1.807) is 36.4 Å². The van der Waals surface area contributed by atoms with E-state index in [1.165, 1.54) is 18.2 Å². The number of benzene rings is 6. The summed E-state index contributed by atoms with van der Waals surface area (Å²) < 4.78 is 70.6. The van der Waals surface area contributed by atoms with Gasteiger partial charge in [-0.3, -0.25) is 4.79 Å². The van der Waals surface area contributed by atoms with Gasteiger partial charge in [0.25, 0.3) is 5.91 Å². The van der Waals surface area contributed by atoms with Crippen molar-refractivity contribution in [2.45, 2.75) is 50.8 Å². The largest absolute Gasteiger partial charge is 0.494 e. The van der Waals surface area contributed by atoms with E-state index in [0.29, 0.717) is 51.4 Å². The first-order chi connectivity index (χ1) is 25.9. The third-order valence-electron chi connectivity index (χ3n) is 10.6. The maximum absolute atomic E-state index is 14.4. The molecule has 6 aromatic carbocycles. The normalized spacial score (nSPS) is 16.6. The molecule has 1 atom stereocenters. The number of unbranched alkanes of at least 4 members (excludes halogenated alkanes) is 1. The predicted molar refractivity (Wildman–Crippen MR) is 205 cm³/mol. The van der Waals surface area contributed by atoms with E-state index in [4.69, 9.17) is 9.47 Å². The summed E-state index contributed by atoms with van der Waals surface area (Å²) in [5, 5.41) is 3.86. The van der Waals surface area contributed by atoms with E-state index in [2.05, 4.69) is 26.1 Å². The van der Waals surface area contributed by atoms with Gasteiger partial charge in [0, 0.05) is 38.7 Å². The maximum atomic E-state index is 14.4. The van der Waals surface area contributed by atoms with Crippen LogP contribution < -0.4 is 14.8 Å². The van der Waals surface area contributed by atoms with Gasteiger partial charge < -0.3 is 14.8 Å². The van der Waals surface area contributed by atoms with Crippen molar-refractivity contribution in [3.8, 4) is 22.6 Å². The fourth-order valence-electron chi connectivity index (χ4n) is 7.86. The minimum atomic E-state index is -4.61. The van der Waals surface area contributed by atoms with E-state index in [0.717, 1.165) is 47.2 Å². The monoisotopic (exact) mass is 727 g/mol. The summed E-state index contributed by atoms with van der Waals surface area (Å²) in [6.07, 6.45) is 1.12. The lowest BCUT2D eigenvalue weighted by atomic mass is 9.76. The number of hydrogen-bond acceptors (Lipinski definition) is 3. The number of carbonyl (C=O) groups is 1. The van der Waals surface area contributed by atoms with Gasteiger partial charge in [0.15, 0.2) is 5.60 Å². The standard InChI is InChI=1S/C46H37F4NO3/c1-4-5-25-53-34-19-13-30(14-20-34)45(29-11-16-32(47)17-12-29)24-23-36-41-40(35-21-15-31(46(48,49)50)26-37(35)42(36)54-45)38-27-33(18-22-39(38)44(41,2)3)51-43(52)28-9-7-6-8-10-28/h6-24,26-27H,4-5,25H2,1-3H3,(H,51,52). The Labute approximate surface area is 311 Å². The van der Waals surface area contributed by atoms with E-state index >= 15 is 0 Å². The lowest BCUT2D eigenvalue weighted by Gasteiger charge is -2.38. The Kier molecular flexibility index (Phi) is 8.59. The molecule has 0 fully saturated rings. The molecule has 1 unspecified atom stereocenters. The molecule has 6 aromatic rings. The van der Waals surface area contributed by atoms with Gasteiger partial charge in [0.2, 0.25) is 0 Å². The Morgan fingerprint density at radius 1 is 0.833 bits per heavy atom. The Hall–Kier alpha value is -5.89. The second-order valence-electron chi connectivity index (χ2n) is 14.4. The predicted octanol–water partition coefficient (Wildman–Crippen LogP) is 12.1. The van der Waals surface area contributed by atoms with Crippen molar-refractivity contribution in [3.63, 3.8) is 0 Å². The number of fused-ring (bicyclic) bond motifs is 8. The number of ether oxygens (including phenoxy) is 2. The lowest BCUT2D eigenvalue weighted by Crippen LogP contribution is -2.35. The summed E-state index contributed by atoms with van der Waals surface area (Å²) in [7, 11) is 0. The highest BCUT2D eigenvalue weighted by Crippen LogP contribution is 2.59. The maximum Gasteiger partial charge on any atom is 0.416 e. The minimum absolute atomic E-state index is 0.271. The molecule has 0 saturated heterocycles. The molecule has 8 rings (SSSR count). The third kappa shape index (κ3) is 5.90. The summed E-state index contributed by atoms with van der Waals surface area (Å²) in [4.78, 5) is 13.1. The Bertz CT molecular complexity index is 2440. The van der Waals surface area contributed by atoms with E-state index in [-0.39, 0.29) is 11.3 Å². The van der Waals surface area contributed by atoms with Crippen molar-refractivity contribution in [1.82, 2.24) is 0 Å². The van der Waals surface area contributed by atoms with Gasteiger partial charge in [-0.15, -0.1) is 0 Å². The summed E-state index contributed by atoms with van der Waals surface area (Å²) in [5.74, 6) is 0.278. The highest BCUT2D eigenvalue weighted by Gasteiger charge is 2.45. The molecule has 1 heterocycles. The summed E-state index contributed by atoms with van der Waals surface area (Å²) in [5.41, 5.74) is 3.76. The van der Waals surface area contributed by atoms with E-state index < -0.39 is 28.6 Å². The van der Waals surface area contributed by atoms with Gasteiger partial charge in [-0.1, -0.05) is 87.9 Å². The number of anilines is 1. The fourth-order valence-corrected chi connectivity index (χ4v) is 7.86. The second kappa shape index (κ2) is 13.2. The number of carbonyl (C=O) groups excluding carboxylic acids is 1. The number of alkyl halides is 3. The second-order valence-corrected chi connectivity index (χ2v) is 14.4. The van der Waals surface area contributed by atoms with Gasteiger partial charge in [-0.25, -0.2) is 4.39 Å². The molecule has 0 aromatic heterocycles. The lowest BCUT2D eigenvalue weighted by molar-refractivity contribution is -0.137. The van der Waals surface area contributed by atoms with E-state index in [9.17, 15) is 22.4 Å². The van der Waals surface area contributed by atoms with Crippen LogP contribution in [-0.4, -0.2) is 12.5 Å². The molecule has 272 valence electrons. The van der Waals surface area contributed by atoms with Gasteiger partial charge in [0.05, 0.1) is 12.2 Å². The van der Waals surface area contributed by atoms with Crippen molar-refractivity contribution < 1.29 is 31.8 Å². The van der Waals surface area contributed by atoms with Crippen molar-refractivity contribution in [2.24, 2.45) is 0 Å². The van der Waals surface area contributed by atoms with Crippen LogP contribution in [0.15, 0.2) is 121 Å². The molecule has 1 amide bonds. The molecule has 0 spiro atoms. The molecule has 54 heavy (non-hydrogen) atoms. The number of rotatable bonds is 8. The molecular weight excluding hydrogens is 691 g/mol. The highest BCUT2D eigenvalue weighted by atomic mass is 19.4. The van der Waals surface area contributed by atoms with Crippen LogP contribution in [-0.2, 0) is 17.2 Å². The Balaban J connectivity index is 1.33. The van der Waals surface area contributed by atoms with Crippen LogP contribution in [0.3, 0.4) is 0 Å². The SMILES string of the molecule is CCCCOc1ccc(C2(c3ccc(F)cc3)C=Cc3c4c(c5ccc(C(F)(F)F)cc5c3O2)-c2cc(NC(=O)c3ccccc3)ccc2C4(C)C)cc1. The quantitative estimate of drug-likeness (QED) is 0.125. The summed E-state index contributed by atoms with van der Waals surface area (Å²) >= 11 is 0. The van der Waals surface area contributed by atoms with Crippen molar-refractivity contribution in [3.05, 3.63) is 166 Å². The van der Waals surface area contributed by atoms with Crippen LogP contribution in [0.4, 0.5) is 23.2 Å². The van der Waals surface area contributed by atoms with Crippen LogP contribution in [0.1, 0.15) is 77.4 Å². The first-order valence-electron chi connectivity index (χ1n) is 18.0. The zero-order valence-electron chi connectivity index (χ0n) is 30.0. The fraction of sp³-hybridized carbons (Fsp3) is 0.196. The van der Waals surface area contributed by atoms with Crippen LogP contribution >= 0.6 is 0 Å². The first kappa shape index (κ1) is 35.2. The number of nitrogens with one attached hydrogen (secondary N) is 1.